The molecule has 0 aliphatic rings. The second-order valence-corrected chi connectivity index (χ2v) is 4.74. The average molecular weight is 279 g/mol. The number of hydrogen-bond acceptors (Lipinski definition) is 3. The number of aryl methyl sites for hydroxylation is 1. The summed E-state index contributed by atoms with van der Waals surface area (Å²) in [6, 6.07) is 7.62. The van der Waals surface area contributed by atoms with Crippen LogP contribution in [0.2, 0.25) is 0 Å². The number of carbonyl (C=O) groups excluding carboxylic acids is 1. The molecule has 0 aliphatic heterocycles. The minimum Gasteiger partial charge on any atom is -0.493 e. The lowest BCUT2D eigenvalue weighted by molar-refractivity contribution is -0.141. The summed E-state index contributed by atoms with van der Waals surface area (Å²) in [6.07, 6.45) is 0.690. The van der Waals surface area contributed by atoms with Gasteiger partial charge < -0.3 is 15.2 Å². The Morgan fingerprint density at radius 2 is 2.05 bits per heavy atom. The molecule has 1 atom stereocenters. The maximum absolute atomic E-state index is 11.5. The predicted octanol–water partition coefficient (Wildman–Crippen LogP) is 1.99. The van der Waals surface area contributed by atoms with Crippen molar-refractivity contribution in [3.05, 3.63) is 29.8 Å². The molecular weight excluding hydrogens is 258 g/mol. The van der Waals surface area contributed by atoms with Crippen molar-refractivity contribution in [1.29, 1.82) is 0 Å². The standard InChI is InChI=1S/C15H21NO4/c1-11-5-3-4-6-13(11)20-10-8-14(17)16-9-7-12(2)15(18)19/h3-6,12H,7-10H2,1-2H3,(H,16,17)(H,18,19). The molecule has 5 nitrogen and oxygen atoms in total. The molecule has 0 fully saturated rings. The van der Waals surface area contributed by atoms with Gasteiger partial charge in [-0.05, 0) is 25.0 Å². The Balaban J connectivity index is 2.18. The van der Waals surface area contributed by atoms with Crippen molar-refractivity contribution in [1.82, 2.24) is 5.32 Å². The molecule has 5 heteroatoms. The monoisotopic (exact) mass is 279 g/mol. The maximum atomic E-state index is 11.5. The Bertz CT molecular complexity index is 459. The summed E-state index contributed by atoms with van der Waals surface area (Å²) in [7, 11) is 0. The lowest BCUT2D eigenvalue weighted by atomic mass is 10.1. The van der Waals surface area contributed by atoms with Crippen LogP contribution < -0.4 is 10.1 Å². The molecule has 0 saturated carbocycles. The van der Waals surface area contributed by atoms with Gasteiger partial charge >= 0.3 is 5.97 Å². The van der Waals surface area contributed by atoms with Crippen molar-refractivity contribution in [2.24, 2.45) is 5.92 Å². The minimum absolute atomic E-state index is 0.129. The van der Waals surface area contributed by atoms with Gasteiger partial charge in [0.25, 0.3) is 0 Å². The van der Waals surface area contributed by atoms with E-state index in [0.29, 0.717) is 19.6 Å². The second-order valence-electron chi connectivity index (χ2n) is 4.74. The van der Waals surface area contributed by atoms with Crippen molar-refractivity contribution in [3.63, 3.8) is 0 Å². The van der Waals surface area contributed by atoms with Gasteiger partial charge in [0.15, 0.2) is 0 Å². The van der Waals surface area contributed by atoms with E-state index in [-0.39, 0.29) is 12.3 Å². The molecule has 0 heterocycles. The number of ether oxygens (including phenoxy) is 1. The number of carboxylic acid groups (broad SMARTS) is 1. The number of nitrogens with one attached hydrogen (secondary N) is 1. The smallest absolute Gasteiger partial charge is 0.306 e. The molecule has 0 aromatic heterocycles. The summed E-state index contributed by atoms with van der Waals surface area (Å²) in [6.45, 7) is 4.25. The molecule has 0 aliphatic carbocycles. The molecule has 0 spiro atoms. The van der Waals surface area contributed by atoms with Gasteiger partial charge in [-0.1, -0.05) is 25.1 Å². The number of amides is 1. The molecule has 1 aromatic rings. The van der Waals surface area contributed by atoms with Crippen molar-refractivity contribution < 1.29 is 19.4 Å². The highest BCUT2D eigenvalue weighted by molar-refractivity contribution is 5.76. The van der Waals surface area contributed by atoms with Gasteiger partial charge in [0.1, 0.15) is 5.75 Å². The van der Waals surface area contributed by atoms with Crippen molar-refractivity contribution >= 4 is 11.9 Å². The van der Waals surface area contributed by atoms with Crippen LogP contribution in [0, 0.1) is 12.8 Å². The summed E-state index contributed by atoms with van der Waals surface area (Å²) in [5.74, 6) is -0.642. The Hall–Kier alpha value is -2.04. The minimum atomic E-state index is -0.845. The third kappa shape index (κ3) is 5.73. The number of rotatable bonds is 8. The van der Waals surface area contributed by atoms with Gasteiger partial charge in [0.2, 0.25) is 5.91 Å². The molecule has 0 radical (unpaired) electrons. The first-order valence-electron chi connectivity index (χ1n) is 6.68. The zero-order valence-corrected chi connectivity index (χ0v) is 11.9. The van der Waals surface area contributed by atoms with Crippen LogP contribution in [0.25, 0.3) is 0 Å². The summed E-state index contributed by atoms with van der Waals surface area (Å²) < 4.78 is 5.52. The maximum Gasteiger partial charge on any atom is 0.306 e. The van der Waals surface area contributed by atoms with E-state index in [9.17, 15) is 9.59 Å². The van der Waals surface area contributed by atoms with E-state index in [2.05, 4.69) is 5.32 Å². The van der Waals surface area contributed by atoms with Gasteiger partial charge in [-0.15, -0.1) is 0 Å². The lowest BCUT2D eigenvalue weighted by Crippen LogP contribution is -2.28. The molecular formula is C15H21NO4. The summed E-state index contributed by atoms with van der Waals surface area (Å²) >= 11 is 0. The molecule has 0 saturated heterocycles. The largest absolute Gasteiger partial charge is 0.493 e. The van der Waals surface area contributed by atoms with E-state index in [0.717, 1.165) is 11.3 Å². The van der Waals surface area contributed by atoms with E-state index >= 15 is 0 Å². The van der Waals surface area contributed by atoms with Gasteiger partial charge in [-0.3, -0.25) is 9.59 Å². The van der Waals surface area contributed by atoms with Gasteiger partial charge in [0, 0.05) is 6.54 Å². The van der Waals surface area contributed by atoms with Gasteiger partial charge in [-0.25, -0.2) is 0 Å². The van der Waals surface area contributed by atoms with E-state index in [4.69, 9.17) is 9.84 Å². The van der Waals surface area contributed by atoms with Crippen LogP contribution in [-0.4, -0.2) is 30.1 Å². The SMILES string of the molecule is Cc1ccccc1OCCC(=O)NCCC(C)C(=O)O. The highest BCUT2D eigenvalue weighted by Gasteiger charge is 2.10. The molecule has 110 valence electrons. The molecule has 1 unspecified atom stereocenters. The highest BCUT2D eigenvalue weighted by Crippen LogP contribution is 2.16. The molecule has 2 N–H and O–H groups in total. The molecule has 0 bridgehead atoms. The van der Waals surface area contributed by atoms with Crippen LogP contribution in [0.5, 0.6) is 5.75 Å². The van der Waals surface area contributed by atoms with E-state index in [1.165, 1.54) is 0 Å². The third-order valence-corrected chi connectivity index (χ3v) is 3.00. The fourth-order valence-electron chi connectivity index (χ4n) is 1.61. The summed E-state index contributed by atoms with van der Waals surface area (Å²) in [5.41, 5.74) is 1.03. The van der Waals surface area contributed by atoms with Crippen LogP contribution in [0.4, 0.5) is 0 Å². The molecule has 20 heavy (non-hydrogen) atoms. The summed E-state index contributed by atoms with van der Waals surface area (Å²) in [4.78, 5) is 22.1. The normalized spacial score (nSPS) is 11.7. The fourth-order valence-corrected chi connectivity index (χ4v) is 1.61. The van der Waals surface area contributed by atoms with Crippen LogP contribution >= 0.6 is 0 Å². The van der Waals surface area contributed by atoms with Crippen LogP contribution in [0.15, 0.2) is 24.3 Å². The Kier molecular flexibility index (Phi) is 6.56. The Labute approximate surface area is 118 Å². The summed E-state index contributed by atoms with van der Waals surface area (Å²) in [5, 5.41) is 11.4. The van der Waals surface area contributed by atoms with Crippen LogP contribution in [-0.2, 0) is 9.59 Å². The number of carboxylic acids is 1. The quantitative estimate of drug-likeness (QED) is 0.763. The first-order chi connectivity index (χ1) is 9.50. The molecule has 1 amide bonds. The molecule has 1 rings (SSSR count). The zero-order valence-electron chi connectivity index (χ0n) is 11.9. The highest BCUT2D eigenvalue weighted by atomic mass is 16.5. The number of para-hydroxylation sites is 1. The van der Waals surface area contributed by atoms with Crippen LogP contribution in [0.3, 0.4) is 0 Å². The number of hydrogen-bond donors (Lipinski definition) is 2. The lowest BCUT2D eigenvalue weighted by Gasteiger charge is -2.10. The predicted molar refractivity (Wildman–Crippen MR) is 75.7 cm³/mol. The average Bonchev–Trinajstić information content (AvgIpc) is 2.40. The Morgan fingerprint density at radius 1 is 1.35 bits per heavy atom. The second kappa shape index (κ2) is 8.19. The topological polar surface area (TPSA) is 75.6 Å². The van der Waals surface area contributed by atoms with E-state index in [1.807, 2.05) is 31.2 Å². The fraction of sp³-hybridized carbons (Fsp3) is 0.467. The number of benzene rings is 1. The first-order valence-corrected chi connectivity index (χ1v) is 6.68. The van der Waals surface area contributed by atoms with E-state index in [1.54, 1.807) is 6.92 Å². The number of aliphatic carboxylic acids is 1. The first kappa shape index (κ1) is 16.0. The third-order valence-electron chi connectivity index (χ3n) is 3.00. The Morgan fingerprint density at radius 3 is 2.70 bits per heavy atom. The van der Waals surface area contributed by atoms with E-state index < -0.39 is 11.9 Å². The van der Waals surface area contributed by atoms with Crippen molar-refractivity contribution in [3.8, 4) is 5.75 Å². The van der Waals surface area contributed by atoms with Crippen molar-refractivity contribution in [2.75, 3.05) is 13.2 Å². The zero-order chi connectivity index (χ0) is 15.0. The number of carbonyl (C=O) groups is 2. The molecule has 1 aromatic carbocycles. The van der Waals surface area contributed by atoms with Gasteiger partial charge in [0.05, 0.1) is 18.9 Å². The van der Waals surface area contributed by atoms with Crippen molar-refractivity contribution in [2.45, 2.75) is 26.7 Å². The van der Waals surface area contributed by atoms with Crippen LogP contribution in [0.1, 0.15) is 25.3 Å². The van der Waals surface area contributed by atoms with Gasteiger partial charge in [-0.2, -0.15) is 0 Å².